The lowest BCUT2D eigenvalue weighted by Crippen LogP contribution is -2.53. The number of sulfonamides is 1. The highest BCUT2D eigenvalue weighted by molar-refractivity contribution is 7.88. The van der Waals surface area contributed by atoms with Crippen LogP contribution in [0.25, 0.3) is 0 Å². The van der Waals surface area contributed by atoms with Gasteiger partial charge in [-0.25, -0.2) is 12.7 Å². The van der Waals surface area contributed by atoms with Crippen LogP contribution in [0, 0.1) is 5.92 Å². The second kappa shape index (κ2) is 8.90. The standard InChI is InChI=1S/C19H28ClN3O3S/c1-2-21-9-11-22(12-10-21)19(24)17-6-4-8-23(14-17)27(25,26)15-16-5-3-7-18(20)13-16/h3,5,7,13,17H,2,4,6,8-12,14-15H2,1H3/t17-/m0/s1. The van der Waals surface area contributed by atoms with Crippen LogP contribution < -0.4 is 0 Å². The number of rotatable bonds is 5. The molecule has 0 saturated carbocycles. The molecule has 2 heterocycles. The van der Waals surface area contributed by atoms with Gasteiger partial charge in [0.05, 0.1) is 11.7 Å². The van der Waals surface area contributed by atoms with Gasteiger partial charge in [-0.1, -0.05) is 30.7 Å². The van der Waals surface area contributed by atoms with E-state index in [-0.39, 0.29) is 24.1 Å². The Morgan fingerprint density at radius 2 is 1.93 bits per heavy atom. The van der Waals surface area contributed by atoms with Crippen LogP contribution in [0.2, 0.25) is 5.02 Å². The van der Waals surface area contributed by atoms with Crippen molar-refractivity contribution in [1.82, 2.24) is 14.1 Å². The minimum atomic E-state index is -3.47. The first kappa shape index (κ1) is 20.6. The van der Waals surface area contributed by atoms with Gasteiger partial charge in [-0.3, -0.25) is 4.79 Å². The molecule has 27 heavy (non-hydrogen) atoms. The summed E-state index contributed by atoms with van der Waals surface area (Å²) >= 11 is 5.97. The van der Waals surface area contributed by atoms with E-state index >= 15 is 0 Å². The largest absolute Gasteiger partial charge is 0.340 e. The van der Waals surface area contributed by atoms with Crippen molar-refractivity contribution < 1.29 is 13.2 Å². The zero-order chi connectivity index (χ0) is 19.4. The third kappa shape index (κ3) is 5.22. The molecule has 0 aromatic heterocycles. The van der Waals surface area contributed by atoms with Gasteiger partial charge in [0.2, 0.25) is 15.9 Å². The van der Waals surface area contributed by atoms with Crippen LogP contribution in [0.1, 0.15) is 25.3 Å². The first-order chi connectivity index (χ1) is 12.9. The monoisotopic (exact) mass is 413 g/mol. The Morgan fingerprint density at radius 1 is 1.19 bits per heavy atom. The lowest BCUT2D eigenvalue weighted by Gasteiger charge is -2.38. The molecule has 1 aromatic carbocycles. The molecular weight excluding hydrogens is 386 g/mol. The topological polar surface area (TPSA) is 60.9 Å². The van der Waals surface area contributed by atoms with Crippen molar-refractivity contribution >= 4 is 27.5 Å². The van der Waals surface area contributed by atoms with Gasteiger partial charge in [0.1, 0.15) is 0 Å². The van der Waals surface area contributed by atoms with E-state index in [4.69, 9.17) is 11.6 Å². The van der Waals surface area contributed by atoms with Gasteiger partial charge >= 0.3 is 0 Å². The molecular formula is C19H28ClN3O3S. The maximum absolute atomic E-state index is 12.9. The molecule has 0 unspecified atom stereocenters. The lowest BCUT2D eigenvalue weighted by molar-refractivity contribution is -0.138. The summed E-state index contributed by atoms with van der Waals surface area (Å²) in [4.78, 5) is 17.1. The second-order valence-electron chi connectivity index (χ2n) is 7.34. The maximum atomic E-state index is 12.9. The normalized spacial score (nSPS) is 22.7. The van der Waals surface area contributed by atoms with Gasteiger partial charge in [-0.2, -0.15) is 0 Å². The summed E-state index contributed by atoms with van der Waals surface area (Å²) in [5.74, 6) is -0.210. The number of likely N-dealkylation sites (N-methyl/N-ethyl adjacent to an activating group) is 1. The second-order valence-corrected chi connectivity index (χ2v) is 9.75. The van der Waals surface area contributed by atoms with E-state index in [1.54, 1.807) is 24.3 Å². The van der Waals surface area contributed by atoms with E-state index in [2.05, 4.69) is 11.8 Å². The SMILES string of the molecule is CCN1CCN(C(=O)[C@H]2CCCN(S(=O)(=O)Cc3cccc(Cl)c3)C2)CC1. The van der Waals surface area contributed by atoms with Gasteiger partial charge < -0.3 is 9.80 Å². The number of carbonyl (C=O) groups excluding carboxylic acids is 1. The smallest absolute Gasteiger partial charge is 0.227 e. The Hall–Kier alpha value is -1.15. The van der Waals surface area contributed by atoms with Crippen molar-refractivity contribution in [3.05, 3.63) is 34.9 Å². The number of piperidine rings is 1. The van der Waals surface area contributed by atoms with Crippen LogP contribution in [0.3, 0.4) is 0 Å². The van der Waals surface area contributed by atoms with Crippen LogP contribution in [0.15, 0.2) is 24.3 Å². The summed E-state index contributed by atoms with van der Waals surface area (Å²) in [6, 6.07) is 6.93. The molecule has 3 rings (SSSR count). The molecule has 2 fully saturated rings. The zero-order valence-corrected chi connectivity index (χ0v) is 17.4. The van der Waals surface area contributed by atoms with E-state index in [0.29, 0.717) is 17.1 Å². The number of halogens is 1. The molecule has 0 aliphatic carbocycles. The van der Waals surface area contributed by atoms with Crippen molar-refractivity contribution in [1.29, 1.82) is 0 Å². The Kier molecular flexibility index (Phi) is 6.78. The molecule has 2 saturated heterocycles. The van der Waals surface area contributed by atoms with Gasteiger partial charge in [-0.05, 0) is 37.1 Å². The number of nitrogens with zero attached hydrogens (tertiary/aromatic N) is 3. The molecule has 1 aromatic rings. The van der Waals surface area contributed by atoms with Crippen LogP contribution in [0.4, 0.5) is 0 Å². The number of piperazine rings is 1. The molecule has 0 spiro atoms. The summed E-state index contributed by atoms with van der Waals surface area (Å²) in [6.07, 6.45) is 1.48. The van der Waals surface area contributed by atoms with Crippen molar-refractivity contribution in [2.75, 3.05) is 45.8 Å². The van der Waals surface area contributed by atoms with E-state index < -0.39 is 10.0 Å². The number of hydrogen-bond acceptors (Lipinski definition) is 4. The summed E-state index contributed by atoms with van der Waals surface area (Å²) < 4.78 is 27.2. The number of amides is 1. The Balaban J connectivity index is 1.62. The van der Waals surface area contributed by atoms with E-state index in [9.17, 15) is 13.2 Å². The molecule has 0 N–H and O–H groups in total. The molecule has 150 valence electrons. The first-order valence-electron chi connectivity index (χ1n) is 9.62. The minimum absolute atomic E-state index is 0.0797. The summed E-state index contributed by atoms with van der Waals surface area (Å²) in [6.45, 7) is 7.16. The average molecular weight is 414 g/mol. The van der Waals surface area contributed by atoms with Crippen LogP contribution in [-0.4, -0.2) is 74.2 Å². The quantitative estimate of drug-likeness (QED) is 0.741. The average Bonchev–Trinajstić information content (AvgIpc) is 2.67. The fourth-order valence-electron chi connectivity index (χ4n) is 3.87. The van der Waals surface area contributed by atoms with Crippen LogP contribution in [0.5, 0.6) is 0 Å². The highest BCUT2D eigenvalue weighted by Gasteiger charge is 2.35. The van der Waals surface area contributed by atoms with E-state index in [0.717, 1.165) is 45.6 Å². The summed E-state index contributed by atoms with van der Waals surface area (Å²) in [7, 11) is -3.47. The van der Waals surface area contributed by atoms with Crippen molar-refractivity contribution in [3.63, 3.8) is 0 Å². The molecule has 0 radical (unpaired) electrons. The molecule has 1 atom stereocenters. The molecule has 6 nitrogen and oxygen atoms in total. The third-order valence-corrected chi connectivity index (χ3v) is 7.55. The molecule has 0 bridgehead atoms. The third-order valence-electron chi connectivity index (χ3n) is 5.50. The van der Waals surface area contributed by atoms with Crippen molar-refractivity contribution in [2.24, 2.45) is 5.92 Å². The fraction of sp³-hybridized carbons (Fsp3) is 0.632. The van der Waals surface area contributed by atoms with Gasteiger partial charge in [0.25, 0.3) is 0 Å². The van der Waals surface area contributed by atoms with Crippen molar-refractivity contribution in [3.8, 4) is 0 Å². The highest BCUT2D eigenvalue weighted by atomic mass is 35.5. The lowest BCUT2D eigenvalue weighted by atomic mass is 9.98. The highest BCUT2D eigenvalue weighted by Crippen LogP contribution is 2.24. The van der Waals surface area contributed by atoms with Crippen molar-refractivity contribution in [2.45, 2.75) is 25.5 Å². The van der Waals surface area contributed by atoms with Gasteiger partial charge in [-0.15, -0.1) is 0 Å². The molecule has 8 heteroatoms. The predicted molar refractivity (Wildman–Crippen MR) is 107 cm³/mol. The number of carbonyl (C=O) groups is 1. The summed E-state index contributed by atoms with van der Waals surface area (Å²) in [5.41, 5.74) is 0.673. The first-order valence-corrected chi connectivity index (χ1v) is 11.6. The molecule has 2 aliphatic rings. The van der Waals surface area contributed by atoms with Crippen LogP contribution in [-0.2, 0) is 20.6 Å². The predicted octanol–water partition coefficient (Wildman–Crippen LogP) is 2.05. The maximum Gasteiger partial charge on any atom is 0.227 e. The number of hydrogen-bond donors (Lipinski definition) is 0. The van der Waals surface area contributed by atoms with Crippen LogP contribution >= 0.6 is 11.6 Å². The van der Waals surface area contributed by atoms with Gasteiger partial charge in [0, 0.05) is 44.3 Å². The molecule has 1 amide bonds. The Morgan fingerprint density at radius 3 is 2.59 bits per heavy atom. The minimum Gasteiger partial charge on any atom is -0.340 e. The van der Waals surface area contributed by atoms with Gasteiger partial charge in [0.15, 0.2) is 0 Å². The number of benzene rings is 1. The Labute approximate surface area is 167 Å². The summed E-state index contributed by atoms with van der Waals surface area (Å²) in [5, 5.41) is 0.528. The molecule has 2 aliphatic heterocycles. The van der Waals surface area contributed by atoms with E-state index in [1.807, 2.05) is 4.90 Å². The van der Waals surface area contributed by atoms with E-state index in [1.165, 1.54) is 4.31 Å². The Bertz CT molecular complexity index is 763. The zero-order valence-electron chi connectivity index (χ0n) is 15.8. The fourth-order valence-corrected chi connectivity index (χ4v) is 5.68.